The van der Waals surface area contributed by atoms with Gasteiger partial charge >= 0.3 is 5.97 Å². The fraction of sp³-hybridized carbons (Fsp3) is 0.423. The number of benzene rings is 1. The van der Waals surface area contributed by atoms with Gasteiger partial charge in [0.2, 0.25) is 0 Å². The standard InChI is InChI=1S/C26H33N3O3/c1-7-26(6,24(30)31)29-16-22-10-18(2)21(8-9-25(3,4)5)12-23(22)32-17-20-11-19(13-27)14-28-15-20/h8-12,14-15,29H,7,16-17H2,1-6H3,(H,30,31)/b9-8+. The van der Waals surface area contributed by atoms with E-state index in [9.17, 15) is 9.90 Å². The van der Waals surface area contributed by atoms with Crippen LogP contribution in [-0.4, -0.2) is 21.6 Å². The van der Waals surface area contributed by atoms with Gasteiger partial charge in [0.1, 0.15) is 24.0 Å². The van der Waals surface area contributed by atoms with Crippen molar-refractivity contribution in [3.05, 3.63) is 64.5 Å². The second kappa shape index (κ2) is 10.4. The summed E-state index contributed by atoms with van der Waals surface area (Å²) in [4.78, 5) is 15.8. The highest BCUT2D eigenvalue weighted by Gasteiger charge is 2.30. The summed E-state index contributed by atoms with van der Waals surface area (Å²) in [6, 6.07) is 7.85. The van der Waals surface area contributed by atoms with Gasteiger partial charge in [0.15, 0.2) is 0 Å². The quantitative estimate of drug-likeness (QED) is 0.559. The van der Waals surface area contributed by atoms with Crippen LogP contribution in [0.25, 0.3) is 6.08 Å². The summed E-state index contributed by atoms with van der Waals surface area (Å²) in [5, 5.41) is 21.9. The molecule has 1 aromatic carbocycles. The van der Waals surface area contributed by atoms with Crippen molar-refractivity contribution in [2.24, 2.45) is 5.41 Å². The van der Waals surface area contributed by atoms with Gasteiger partial charge in [-0.2, -0.15) is 5.26 Å². The molecule has 0 aliphatic rings. The first-order chi connectivity index (χ1) is 15.0. The van der Waals surface area contributed by atoms with Crippen LogP contribution in [0.1, 0.15) is 68.9 Å². The maximum atomic E-state index is 11.7. The normalized spacial score (nSPS) is 13.5. The molecule has 0 amide bonds. The molecule has 1 unspecified atom stereocenters. The van der Waals surface area contributed by atoms with Crippen molar-refractivity contribution in [2.45, 2.75) is 66.7 Å². The second-order valence-electron chi connectivity index (χ2n) is 9.34. The lowest BCUT2D eigenvalue weighted by Gasteiger charge is -2.25. The number of aryl methyl sites for hydroxylation is 1. The van der Waals surface area contributed by atoms with E-state index >= 15 is 0 Å². The molecule has 0 saturated carbocycles. The van der Waals surface area contributed by atoms with Gasteiger partial charge in [0.25, 0.3) is 0 Å². The number of pyridine rings is 1. The Labute approximate surface area is 191 Å². The topological polar surface area (TPSA) is 95.2 Å². The lowest BCUT2D eigenvalue weighted by atomic mass is 9.93. The van der Waals surface area contributed by atoms with Crippen LogP contribution in [0.5, 0.6) is 5.75 Å². The number of nitriles is 1. The number of aromatic nitrogens is 1. The highest BCUT2D eigenvalue weighted by atomic mass is 16.5. The summed E-state index contributed by atoms with van der Waals surface area (Å²) in [7, 11) is 0. The number of allylic oxidation sites excluding steroid dienone is 1. The predicted molar refractivity (Wildman–Crippen MR) is 126 cm³/mol. The van der Waals surface area contributed by atoms with Crippen molar-refractivity contribution in [3.63, 3.8) is 0 Å². The van der Waals surface area contributed by atoms with Crippen LogP contribution in [0.3, 0.4) is 0 Å². The third kappa shape index (κ3) is 6.93. The van der Waals surface area contributed by atoms with E-state index in [0.717, 1.165) is 22.3 Å². The molecule has 1 aromatic heterocycles. The highest BCUT2D eigenvalue weighted by Crippen LogP contribution is 2.28. The number of nitrogens with one attached hydrogen (secondary N) is 1. The lowest BCUT2D eigenvalue weighted by Crippen LogP contribution is -2.48. The molecule has 0 aliphatic carbocycles. The third-order valence-electron chi connectivity index (χ3n) is 5.38. The Morgan fingerprint density at radius 3 is 2.56 bits per heavy atom. The summed E-state index contributed by atoms with van der Waals surface area (Å²) in [6.45, 7) is 12.6. The maximum absolute atomic E-state index is 11.7. The van der Waals surface area contributed by atoms with Crippen molar-refractivity contribution in [1.82, 2.24) is 10.3 Å². The van der Waals surface area contributed by atoms with Crippen LogP contribution in [0.15, 0.2) is 36.7 Å². The smallest absolute Gasteiger partial charge is 0.323 e. The van der Waals surface area contributed by atoms with Gasteiger partial charge in [0.05, 0.1) is 5.56 Å². The number of hydrogen-bond donors (Lipinski definition) is 2. The van der Waals surface area contributed by atoms with Crippen LogP contribution in [0.2, 0.25) is 0 Å². The second-order valence-corrected chi connectivity index (χ2v) is 9.34. The number of aliphatic carboxylic acids is 1. The van der Waals surface area contributed by atoms with E-state index in [1.165, 1.54) is 6.20 Å². The van der Waals surface area contributed by atoms with Gasteiger partial charge in [-0.25, -0.2) is 0 Å². The average Bonchev–Trinajstić information content (AvgIpc) is 2.75. The maximum Gasteiger partial charge on any atom is 0.323 e. The van der Waals surface area contributed by atoms with Gasteiger partial charge in [-0.1, -0.05) is 45.9 Å². The zero-order valence-electron chi connectivity index (χ0n) is 19.8. The molecule has 2 rings (SSSR count). The monoisotopic (exact) mass is 435 g/mol. The molecule has 2 aromatic rings. The number of carboxylic acid groups (broad SMARTS) is 1. The van der Waals surface area contributed by atoms with Crippen molar-refractivity contribution in [1.29, 1.82) is 5.26 Å². The molecule has 0 fully saturated rings. The number of carbonyl (C=O) groups is 1. The van der Waals surface area contributed by atoms with E-state index in [2.05, 4.69) is 49.3 Å². The molecule has 1 atom stereocenters. The summed E-state index contributed by atoms with van der Waals surface area (Å²) in [5.74, 6) is -0.217. The number of carboxylic acids is 1. The molecule has 32 heavy (non-hydrogen) atoms. The van der Waals surface area contributed by atoms with Crippen molar-refractivity contribution in [2.75, 3.05) is 0 Å². The molecule has 0 bridgehead atoms. The Kier molecular flexibility index (Phi) is 8.18. The molecule has 170 valence electrons. The molecule has 6 nitrogen and oxygen atoms in total. The van der Waals surface area contributed by atoms with Crippen molar-refractivity contribution < 1.29 is 14.6 Å². The molecule has 2 N–H and O–H groups in total. The van der Waals surface area contributed by atoms with E-state index < -0.39 is 11.5 Å². The van der Waals surface area contributed by atoms with E-state index in [0.29, 0.717) is 24.3 Å². The Morgan fingerprint density at radius 1 is 1.25 bits per heavy atom. The minimum atomic E-state index is -1.03. The minimum absolute atomic E-state index is 0.0432. The van der Waals surface area contributed by atoms with Crippen LogP contribution < -0.4 is 10.1 Å². The minimum Gasteiger partial charge on any atom is -0.488 e. The largest absolute Gasteiger partial charge is 0.488 e. The Hall–Kier alpha value is -3.17. The van der Waals surface area contributed by atoms with Gasteiger partial charge in [-0.05, 0) is 48.9 Å². The van der Waals surface area contributed by atoms with E-state index in [-0.39, 0.29) is 12.0 Å². The molecule has 1 heterocycles. The number of hydrogen-bond acceptors (Lipinski definition) is 5. The molecule has 0 aliphatic heterocycles. The van der Waals surface area contributed by atoms with Crippen LogP contribution in [0.4, 0.5) is 0 Å². The van der Waals surface area contributed by atoms with Gasteiger partial charge < -0.3 is 9.84 Å². The average molecular weight is 436 g/mol. The highest BCUT2D eigenvalue weighted by molar-refractivity contribution is 5.78. The van der Waals surface area contributed by atoms with Gasteiger partial charge in [-0.3, -0.25) is 15.1 Å². The lowest BCUT2D eigenvalue weighted by molar-refractivity contribution is -0.144. The van der Waals surface area contributed by atoms with Gasteiger partial charge in [0, 0.05) is 30.1 Å². The fourth-order valence-corrected chi connectivity index (χ4v) is 2.99. The van der Waals surface area contributed by atoms with Crippen LogP contribution in [-0.2, 0) is 17.9 Å². The number of nitrogens with zero attached hydrogens (tertiary/aromatic N) is 2. The zero-order valence-corrected chi connectivity index (χ0v) is 19.8. The fourth-order valence-electron chi connectivity index (χ4n) is 2.99. The molecular weight excluding hydrogens is 402 g/mol. The summed E-state index contributed by atoms with van der Waals surface area (Å²) >= 11 is 0. The van der Waals surface area contributed by atoms with Gasteiger partial charge in [-0.15, -0.1) is 0 Å². The predicted octanol–water partition coefficient (Wildman–Crippen LogP) is 5.24. The molecule has 6 heteroatoms. The Morgan fingerprint density at radius 2 is 1.97 bits per heavy atom. The summed E-state index contributed by atoms with van der Waals surface area (Å²) < 4.78 is 6.14. The summed E-state index contributed by atoms with van der Waals surface area (Å²) in [6.07, 6.45) is 7.88. The van der Waals surface area contributed by atoms with Crippen LogP contribution >= 0.6 is 0 Å². The van der Waals surface area contributed by atoms with Crippen molar-refractivity contribution in [3.8, 4) is 11.8 Å². The zero-order chi connectivity index (χ0) is 23.9. The van der Waals surface area contributed by atoms with E-state index in [1.807, 2.05) is 26.0 Å². The molecule has 0 spiro atoms. The van der Waals surface area contributed by atoms with E-state index in [4.69, 9.17) is 10.00 Å². The third-order valence-corrected chi connectivity index (χ3v) is 5.38. The molecule has 0 radical (unpaired) electrons. The van der Waals surface area contributed by atoms with Crippen molar-refractivity contribution >= 4 is 12.0 Å². The molecule has 0 saturated heterocycles. The first-order valence-electron chi connectivity index (χ1n) is 10.8. The first kappa shape index (κ1) is 25.1. The summed E-state index contributed by atoms with van der Waals surface area (Å²) in [5.41, 5.74) is 3.28. The number of ether oxygens (including phenoxy) is 1. The Bertz CT molecular complexity index is 1030. The first-order valence-corrected chi connectivity index (χ1v) is 10.8. The molecular formula is C26H33N3O3. The number of rotatable bonds is 9. The van der Waals surface area contributed by atoms with E-state index in [1.54, 1.807) is 19.2 Å². The SMILES string of the molecule is CCC(C)(NCc1cc(C)c(/C=C/C(C)(C)C)cc1OCc1cncc(C#N)c1)C(=O)O. The Balaban J connectivity index is 2.37. The van der Waals surface area contributed by atoms with Crippen LogP contribution in [0, 0.1) is 23.7 Å².